The summed E-state index contributed by atoms with van der Waals surface area (Å²) >= 11 is 0. The van der Waals surface area contributed by atoms with Gasteiger partial charge in [-0.05, 0) is 26.2 Å². The molecule has 0 bridgehead atoms. The number of nitrogens with zero attached hydrogens (tertiary/aromatic N) is 2. The first-order valence-corrected chi connectivity index (χ1v) is 8.13. The van der Waals surface area contributed by atoms with E-state index < -0.39 is 0 Å². The number of aromatic nitrogens is 2. The fourth-order valence-corrected chi connectivity index (χ4v) is 3.48. The third-order valence-corrected chi connectivity index (χ3v) is 4.59. The highest BCUT2D eigenvalue weighted by atomic mass is 16.5. The van der Waals surface area contributed by atoms with Crippen LogP contribution < -0.4 is 5.32 Å². The average molecular weight is 295 g/mol. The molecule has 2 heterocycles. The molecule has 2 aliphatic rings. The van der Waals surface area contributed by atoms with Gasteiger partial charge in [-0.15, -0.1) is 0 Å². The van der Waals surface area contributed by atoms with Gasteiger partial charge in [0.15, 0.2) is 0 Å². The molecular weight excluding hydrogens is 270 g/mol. The summed E-state index contributed by atoms with van der Waals surface area (Å²) in [6, 6.07) is -0.0364. The molecule has 118 valence electrons. The van der Waals surface area contributed by atoms with Crippen LogP contribution in [0, 0.1) is 0 Å². The van der Waals surface area contributed by atoms with E-state index in [0.717, 1.165) is 25.7 Å². The van der Waals surface area contributed by atoms with Crippen molar-refractivity contribution in [3.05, 3.63) is 11.7 Å². The minimum atomic E-state index is -0.385. The molecule has 0 spiro atoms. The predicted octanol–water partition coefficient (Wildman–Crippen LogP) is 2.05. The Labute approximate surface area is 125 Å². The first-order valence-electron chi connectivity index (χ1n) is 8.13. The van der Waals surface area contributed by atoms with E-state index in [2.05, 4.69) is 15.5 Å². The molecule has 1 saturated carbocycles. The van der Waals surface area contributed by atoms with Crippen molar-refractivity contribution in [1.82, 2.24) is 15.5 Å². The second kappa shape index (κ2) is 6.42. The highest BCUT2D eigenvalue weighted by molar-refractivity contribution is 5.06. The summed E-state index contributed by atoms with van der Waals surface area (Å²) in [7, 11) is 0. The van der Waals surface area contributed by atoms with Crippen molar-refractivity contribution >= 4 is 0 Å². The van der Waals surface area contributed by atoms with Crippen LogP contribution in [0.4, 0.5) is 0 Å². The lowest BCUT2D eigenvalue weighted by Crippen LogP contribution is -2.31. The van der Waals surface area contributed by atoms with Crippen molar-refractivity contribution in [1.29, 1.82) is 0 Å². The van der Waals surface area contributed by atoms with Crippen LogP contribution >= 0.6 is 0 Å². The minimum Gasteiger partial charge on any atom is -0.392 e. The summed E-state index contributed by atoms with van der Waals surface area (Å²) in [5, 5.41) is 17.0. The summed E-state index contributed by atoms with van der Waals surface area (Å²) in [5.74, 6) is 1.26. The third kappa shape index (κ3) is 3.12. The number of rotatable bonds is 4. The zero-order chi connectivity index (χ0) is 14.7. The second-order valence-electron chi connectivity index (χ2n) is 6.15. The highest BCUT2D eigenvalue weighted by Gasteiger charge is 2.39. The Morgan fingerprint density at radius 2 is 2.10 bits per heavy atom. The van der Waals surface area contributed by atoms with Crippen LogP contribution in [0.5, 0.6) is 0 Å². The third-order valence-electron chi connectivity index (χ3n) is 4.59. The van der Waals surface area contributed by atoms with E-state index >= 15 is 0 Å². The van der Waals surface area contributed by atoms with Crippen molar-refractivity contribution in [3.63, 3.8) is 0 Å². The number of aliphatic hydroxyl groups is 1. The van der Waals surface area contributed by atoms with E-state index in [0.29, 0.717) is 31.3 Å². The van der Waals surface area contributed by atoms with Gasteiger partial charge in [-0.25, -0.2) is 0 Å². The molecule has 21 heavy (non-hydrogen) atoms. The SMILES string of the molecule is CCOC1(c2noc([C@@H]3C[C@H](O)CN3)n2)CCCCCC1. The summed E-state index contributed by atoms with van der Waals surface area (Å²) in [6.45, 7) is 3.26. The lowest BCUT2D eigenvalue weighted by atomic mass is 9.93. The van der Waals surface area contributed by atoms with E-state index in [1.54, 1.807) is 0 Å². The van der Waals surface area contributed by atoms with Gasteiger partial charge in [0.05, 0.1) is 12.1 Å². The van der Waals surface area contributed by atoms with Crippen LogP contribution in [-0.4, -0.2) is 34.5 Å². The zero-order valence-electron chi connectivity index (χ0n) is 12.7. The Kier molecular flexibility index (Phi) is 4.57. The van der Waals surface area contributed by atoms with E-state index in [9.17, 15) is 5.11 Å². The van der Waals surface area contributed by atoms with Crippen molar-refractivity contribution in [2.24, 2.45) is 0 Å². The van der Waals surface area contributed by atoms with E-state index in [-0.39, 0.29) is 17.7 Å². The molecular formula is C15H25N3O3. The Balaban J connectivity index is 1.81. The van der Waals surface area contributed by atoms with Gasteiger partial charge in [-0.1, -0.05) is 30.8 Å². The molecule has 6 nitrogen and oxygen atoms in total. The van der Waals surface area contributed by atoms with Gasteiger partial charge in [-0.2, -0.15) is 4.98 Å². The van der Waals surface area contributed by atoms with Gasteiger partial charge in [-0.3, -0.25) is 0 Å². The van der Waals surface area contributed by atoms with Crippen molar-refractivity contribution in [2.75, 3.05) is 13.2 Å². The number of hydrogen-bond acceptors (Lipinski definition) is 6. The van der Waals surface area contributed by atoms with E-state index in [1.807, 2.05) is 6.92 Å². The molecule has 3 rings (SSSR count). The quantitative estimate of drug-likeness (QED) is 0.828. The number of β-amino-alcohol motifs (C(OH)–C–C–N with tert-alkyl or cyclic N) is 1. The van der Waals surface area contributed by atoms with Crippen LogP contribution in [0.25, 0.3) is 0 Å². The number of nitrogens with one attached hydrogen (secondary N) is 1. The maximum atomic E-state index is 9.61. The van der Waals surface area contributed by atoms with Gasteiger partial charge >= 0.3 is 0 Å². The van der Waals surface area contributed by atoms with Gasteiger partial charge in [0.1, 0.15) is 5.60 Å². The summed E-state index contributed by atoms with van der Waals surface area (Å²) in [5.41, 5.74) is -0.385. The topological polar surface area (TPSA) is 80.4 Å². The summed E-state index contributed by atoms with van der Waals surface area (Å²) in [4.78, 5) is 4.61. The summed E-state index contributed by atoms with van der Waals surface area (Å²) < 4.78 is 11.5. The smallest absolute Gasteiger partial charge is 0.243 e. The van der Waals surface area contributed by atoms with Crippen molar-refractivity contribution in [3.8, 4) is 0 Å². The van der Waals surface area contributed by atoms with Crippen LogP contribution in [0.3, 0.4) is 0 Å². The maximum absolute atomic E-state index is 9.61. The Morgan fingerprint density at radius 1 is 1.33 bits per heavy atom. The van der Waals surface area contributed by atoms with Crippen molar-refractivity contribution < 1.29 is 14.4 Å². The zero-order valence-corrected chi connectivity index (χ0v) is 12.7. The molecule has 0 amide bonds. The average Bonchev–Trinajstić information content (AvgIpc) is 3.06. The van der Waals surface area contributed by atoms with Crippen LogP contribution in [0.15, 0.2) is 4.52 Å². The van der Waals surface area contributed by atoms with Crippen LogP contribution in [0.2, 0.25) is 0 Å². The molecule has 0 radical (unpaired) electrons. The molecule has 1 aliphatic heterocycles. The van der Waals surface area contributed by atoms with E-state index in [4.69, 9.17) is 9.26 Å². The lowest BCUT2D eigenvalue weighted by molar-refractivity contribution is -0.0636. The molecule has 1 saturated heterocycles. The molecule has 2 atom stereocenters. The van der Waals surface area contributed by atoms with Gasteiger partial charge in [0.25, 0.3) is 0 Å². The Morgan fingerprint density at radius 3 is 2.71 bits per heavy atom. The molecule has 1 aromatic heterocycles. The molecule has 2 fully saturated rings. The second-order valence-corrected chi connectivity index (χ2v) is 6.15. The van der Waals surface area contributed by atoms with Gasteiger partial charge in [0, 0.05) is 13.2 Å². The lowest BCUT2D eigenvalue weighted by Gasteiger charge is -2.29. The first-order chi connectivity index (χ1) is 10.2. The monoisotopic (exact) mass is 295 g/mol. The maximum Gasteiger partial charge on any atom is 0.243 e. The molecule has 1 aromatic rings. The van der Waals surface area contributed by atoms with Gasteiger partial charge in [0.2, 0.25) is 11.7 Å². The largest absolute Gasteiger partial charge is 0.392 e. The molecule has 6 heteroatoms. The normalized spacial score (nSPS) is 29.4. The number of aliphatic hydroxyl groups excluding tert-OH is 1. The van der Waals surface area contributed by atoms with Crippen LogP contribution in [0.1, 0.15) is 69.6 Å². The fourth-order valence-electron chi connectivity index (χ4n) is 3.48. The standard InChI is InChI=1S/C15H25N3O3/c1-2-20-15(7-5-3-4-6-8-15)14-17-13(21-18-14)12-9-11(19)10-16-12/h11-12,16,19H,2-10H2,1H3/t11-,12-/m0/s1. The van der Waals surface area contributed by atoms with Gasteiger partial charge < -0.3 is 19.7 Å². The summed E-state index contributed by atoms with van der Waals surface area (Å²) in [6.07, 6.45) is 6.99. The molecule has 0 aromatic carbocycles. The Bertz CT molecular complexity index is 455. The van der Waals surface area contributed by atoms with E-state index in [1.165, 1.54) is 12.8 Å². The van der Waals surface area contributed by atoms with Crippen LogP contribution in [-0.2, 0) is 10.3 Å². The molecule has 2 N–H and O–H groups in total. The Hall–Kier alpha value is -0.980. The minimum absolute atomic E-state index is 0.0364. The number of hydrogen-bond donors (Lipinski definition) is 2. The molecule has 1 aliphatic carbocycles. The predicted molar refractivity (Wildman–Crippen MR) is 76.7 cm³/mol. The van der Waals surface area contributed by atoms with Crippen molar-refractivity contribution in [2.45, 2.75) is 69.6 Å². The first kappa shape index (κ1) is 14.9. The highest BCUT2D eigenvalue weighted by Crippen LogP contribution is 2.38. The number of ether oxygens (including phenoxy) is 1. The molecule has 0 unspecified atom stereocenters. The fraction of sp³-hybridized carbons (Fsp3) is 0.867.